The zero-order valence-electron chi connectivity index (χ0n) is 16.0. The lowest BCUT2D eigenvalue weighted by molar-refractivity contribution is 0.320. The van der Waals surface area contributed by atoms with Crippen LogP contribution in [-0.4, -0.2) is 52.2 Å². The van der Waals surface area contributed by atoms with Gasteiger partial charge in [0, 0.05) is 44.4 Å². The van der Waals surface area contributed by atoms with Crippen molar-refractivity contribution in [2.45, 2.75) is 23.8 Å². The fourth-order valence-electron chi connectivity index (χ4n) is 3.37. The van der Waals surface area contributed by atoms with Crippen molar-refractivity contribution in [3.63, 3.8) is 0 Å². The summed E-state index contributed by atoms with van der Waals surface area (Å²) >= 11 is 0. The number of nitrogens with zero attached hydrogens (tertiary/aromatic N) is 4. The van der Waals surface area contributed by atoms with Crippen molar-refractivity contribution in [1.29, 1.82) is 0 Å². The van der Waals surface area contributed by atoms with Gasteiger partial charge in [0.25, 0.3) is 10.0 Å². The van der Waals surface area contributed by atoms with Gasteiger partial charge < -0.3 is 9.30 Å². The van der Waals surface area contributed by atoms with Crippen molar-refractivity contribution in [3.05, 3.63) is 60.1 Å². The fraction of sp³-hybridized carbons (Fsp3) is 0.368. The maximum atomic E-state index is 12.9. The highest BCUT2D eigenvalue weighted by Crippen LogP contribution is 2.30. The Hall–Kier alpha value is -2.72. The number of benzene rings is 1. The molecule has 1 aromatic carbocycles. The average molecular weight is 419 g/mol. The van der Waals surface area contributed by atoms with Crippen molar-refractivity contribution >= 4 is 10.0 Å². The van der Waals surface area contributed by atoms with E-state index in [4.69, 9.17) is 4.74 Å². The molecule has 2 aromatic heterocycles. The molecule has 1 aliphatic rings. The lowest BCUT2D eigenvalue weighted by Gasteiger charge is -2.14. The zero-order chi connectivity index (χ0) is 20.4. The molecule has 0 saturated carbocycles. The molecular weight excluding hydrogens is 397 g/mol. The summed E-state index contributed by atoms with van der Waals surface area (Å²) in [6.07, 6.45) is 4.32. The van der Waals surface area contributed by atoms with Gasteiger partial charge in [0.05, 0.1) is 18.6 Å². The summed E-state index contributed by atoms with van der Waals surface area (Å²) in [4.78, 5) is 3.97. The molecule has 8 nitrogen and oxygen atoms in total. The molecule has 3 heterocycles. The van der Waals surface area contributed by atoms with Crippen LogP contribution >= 0.6 is 0 Å². The Morgan fingerprint density at radius 1 is 1.31 bits per heavy atom. The van der Waals surface area contributed by atoms with Gasteiger partial charge in [-0.3, -0.25) is 5.10 Å². The molecule has 154 valence electrons. The molecule has 1 N–H and O–H groups in total. The average Bonchev–Trinajstić information content (AvgIpc) is 3.43. The molecule has 0 amide bonds. The summed E-state index contributed by atoms with van der Waals surface area (Å²) < 4.78 is 47.0. The summed E-state index contributed by atoms with van der Waals surface area (Å²) in [5.74, 6) is 0.347. The molecule has 4 rings (SSSR count). The molecule has 10 heteroatoms. The quantitative estimate of drug-likeness (QED) is 0.633. The highest BCUT2D eigenvalue weighted by Gasteiger charge is 2.35. The van der Waals surface area contributed by atoms with E-state index in [9.17, 15) is 12.8 Å². The summed E-state index contributed by atoms with van der Waals surface area (Å²) in [5, 5.41) is 7.42. The topological polar surface area (TPSA) is 93.1 Å². The van der Waals surface area contributed by atoms with Gasteiger partial charge in [-0.15, -0.1) is 0 Å². The first-order chi connectivity index (χ1) is 13.9. The second kappa shape index (κ2) is 7.96. The maximum absolute atomic E-state index is 12.9. The zero-order valence-corrected chi connectivity index (χ0v) is 16.8. The summed E-state index contributed by atoms with van der Waals surface area (Å²) in [7, 11) is -1.84. The molecule has 0 radical (unpaired) electrons. The molecule has 1 aliphatic heterocycles. The number of hydrogen-bond acceptors (Lipinski definition) is 5. The molecule has 0 aliphatic carbocycles. The Kier molecular flexibility index (Phi) is 5.37. The van der Waals surface area contributed by atoms with Gasteiger partial charge in [-0.2, -0.15) is 9.40 Å². The van der Waals surface area contributed by atoms with Crippen LogP contribution in [0.15, 0.2) is 47.9 Å². The molecule has 0 unspecified atom stereocenters. The van der Waals surface area contributed by atoms with Gasteiger partial charge in [0.1, 0.15) is 11.6 Å². The third kappa shape index (κ3) is 4.33. The molecule has 0 spiro atoms. The Labute approximate surface area is 168 Å². The first-order valence-corrected chi connectivity index (χ1v) is 10.8. The van der Waals surface area contributed by atoms with Crippen LogP contribution in [-0.2, 0) is 23.5 Å². The lowest BCUT2D eigenvalue weighted by Crippen LogP contribution is -2.29. The SMILES string of the molecule is Cn1cnc(S(=O)(=O)N2CC[C@H](c3cc(CCOc4ccc(F)cc4)[nH]n3)C2)c1. The monoisotopic (exact) mass is 419 g/mol. The van der Waals surface area contributed by atoms with Gasteiger partial charge >= 0.3 is 0 Å². The molecule has 1 saturated heterocycles. The summed E-state index contributed by atoms with van der Waals surface area (Å²) in [5.41, 5.74) is 1.76. The number of halogens is 1. The highest BCUT2D eigenvalue weighted by molar-refractivity contribution is 7.89. The van der Waals surface area contributed by atoms with Crippen molar-refractivity contribution in [1.82, 2.24) is 24.1 Å². The molecule has 29 heavy (non-hydrogen) atoms. The number of H-pyrrole nitrogens is 1. The fourth-order valence-corrected chi connectivity index (χ4v) is 4.83. The standard InChI is InChI=1S/C19H22FN5O3S/c1-24-12-19(21-13-24)29(26,27)25-8-6-14(11-25)18-10-16(22-23-18)7-9-28-17-4-2-15(20)3-5-17/h2-5,10,12-14H,6-9,11H2,1H3,(H,22,23)/t14-/m0/s1. The Balaban J connectivity index is 1.33. The van der Waals surface area contributed by atoms with Crippen molar-refractivity contribution in [2.24, 2.45) is 7.05 Å². The third-order valence-corrected chi connectivity index (χ3v) is 6.71. The molecular formula is C19H22FN5O3S. The molecule has 1 fully saturated rings. The maximum Gasteiger partial charge on any atom is 0.262 e. The Morgan fingerprint density at radius 2 is 2.10 bits per heavy atom. The van der Waals surface area contributed by atoms with Gasteiger partial charge in [0.15, 0.2) is 5.03 Å². The van der Waals surface area contributed by atoms with E-state index in [1.807, 2.05) is 6.07 Å². The molecule has 0 bridgehead atoms. The minimum atomic E-state index is -3.58. The minimum Gasteiger partial charge on any atom is -0.493 e. The van der Waals surface area contributed by atoms with E-state index in [-0.39, 0.29) is 16.8 Å². The van der Waals surface area contributed by atoms with Crippen LogP contribution in [0.4, 0.5) is 4.39 Å². The smallest absolute Gasteiger partial charge is 0.262 e. The van der Waals surface area contributed by atoms with Gasteiger partial charge in [0.2, 0.25) is 0 Å². The van der Waals surface area contributed by atoms with Gasteiger partial charge in [-0.25, -0.2) is 17.8 Å². The van der Waals surface area contributed by atoms with E-state index >= 15 is 0 Å². The van der Waals surface area contributed by atoms with Gasteiger partial charge in [-0.05, 0) is 36.8 Å². The number of aromatic nitrogens is 4. The number of nitrogens with one attached hydrogen (secondary N) is 1. The summed E-state index contributed by atoms with van der Waals surface area (Å²) in [6.45, 7) is 1.26. The predicted octanol–water partition coefficient (Wildman–Crippen LogP) is 2.08. The number of aryl methyl sites for hydroxylation is 1. The minimum absolute atomic E-state index is 0.0384. The Morgan fingerprint density at radius 3 is 2.83 bits per heavy atom. The number of imidazole rings is 1. The molecule has 3 aromatic rings. The largest absolute Gasteiger partial charge is 0.493 e. The van der Waals surface area contributed by atoms with E-state index in [1.54, 1.807) is 23.7 Å². The van der Waals surface area contributed by atoms with Crippen molar-refractivity contribution in [3.8, 4) is 5.75 Å². The van der Waals surface area contributed by atoms with E-state index in [0.717, 1.165) is 11.4 Å². The van der Waals surface area contributed by atoms with Crippen LogP contribution in [0.3, 0.4) is 0 Å². The predicted molar refractivity (Wildman–Crippen MR) is 104 cm³/mol. The van der Waals surface area contributed by atoms with Crippen LogP contribution in [0.25, 0.3) is 0 Å². The second-order valence-corrected chi connectivity index (χ2v) is 8.98. The Bertz CT molecular complexity index is 1080. The van der Waals surface area contributed by atoms with E-state index < -0.39 is 10.0 Å². The number of ether oxygens (including phenoxy) is 1. The number of hydrogen-bond donors (Lipinski definition) is 1. The number of sulfonamides is 1. The van der Waals surface area contributed by atoms with Crippen LogP contribution in [0.5, 0.6) is 5.75 Å². The number of aromatic amines is 1. The first-order valence-electron chi connectivity index (χ1n) is 9.32. The third-order valence-electron chi connectivity index (χ3n) is 4.96. The normalized spacial score (nSPS) is 17.7. The second-order valence-electron chi connectivity index (χ2n) is 7.10. The van der Waals surface area contributed by atoms with Crippen LogP contribution in [0, 0.1) is 5.82 Å². The number of rotatable bonds is 7. The highest BCUT2D eigenvalue weighted by atomic mass is 32.2. The van der Waals surface area contributed by atoms with E-state index in [1.165, 1.54) is 29.0 Å². The van der Waals surface area contributed by atoms with E-state index in [2.05, 4.69) is 15.2 Å². The lowest BCUT2D eigenvalue weighted by atomic mass is 10.0. The van der Waals surface area contributed by atoms with E-state index in [0.29, 0.717) is 38.3 Å². The van der Waals surface area contributed by atoms with Crippen molar-refractivity contribution < 1.29 is 17.5 Å². The van der Waals surface area contributed by atoms with Crippen molar-refractivity contribution in [2.75, 3.05) is 19.7 Å². The van der Waals surface area contributed by atoms with Crippen LogP contribution < -0.4 is 4.74 Å². The van der Waals surface area contributed by atoms with Crippen LogP contribution in [0.2, 0.25) is 0 Å². The summed E-state index contributed by atoms with van der Waals surface area (Å²) in [6, 6.07) is 7.84. The van der Waals surface area contributed by atoms with Gasteiger partial charge in [-0.1, -0.05) is 0 Å². The van der Waals surface area contributed by atoms with Crippen LogP contribution in [0.1, 0.15) is 23.7 Å². The first kappa shape index (κ1) is 19.6. The molecule has 1 atom stereocenters.